The topological polar surface area (TPSA) is 95.9 Å². The van der Waals surface area contributed by atoms with Gasteiger partial charge in [-0.1, -0.05) is 13.3 Å². The van der Waals surface area contributed by atoms with Crippen LogP contribution in [0.2, 0.25) is 0 Å². The fraction of sp³-hybridized carbons (Fsp3) is 0.353. The molecule has 4 amide bonds. The average molecular weight is 332 g/mol. The molecule has 1 aromatic carbocycles. The molecule has 1 fully saturated rings. The Kier molecular flexibility index (Phi) is 5.57. The number of hydrogen-bond acceptors (Lipinski definition) is 5. The minimum Gasteiger partial charge on any atom is -0.507 e. The highest BCUT2D eigenvalue weighted by Crippen LogP contribution is 2.26. The molecule has 0 radical (unpaired) electrons. The zero-order valence-electron chi connectivity index (χ0n) is 13.7. The first-order valence-corrected chi connectivity index (χ1v) is 7.82. The van der Waals surface area contributed by atoms with Crippen molar-refractivity contribution < 1.29 is 24.2 Å². The van der Waals surface area contributed by atoms with E-state index in [1.165, 1.54) is 12.1 Å². The fourth-order valence-corrected chi connectivity index (χ4v) is 2.27. The maximum atomic E-state index is 12.4. The summed E-state index contributed by atoms with van der Waals surface area (Å²) in [5.41, 5.74) is 0.104. The lowest BCUT2D eigenvalue weighted by Crippen LogP contribution is -2.54. The van der Waals surface area contributed by atoms with Gasteiger partial charge in [-0.25, -0.2) is 4.79 Å². The quantitative estimate of drug-likeness (QED) is 0.614. The molecule has 1 heterocycles. The first-order chi connectivity index (χ1) is 11.5. The molecule has 2 N–H and O–H groups in total. The van der Waals surface area contributed by atoms with E-state index in [4.69, 9.17) is 4.74 Å². The lowest BCUT2D eigenvalue weighted by atomic mass is 10.1. The zero-order valence-corrected chi connectivity index (χ0v) is 13.7. The molecule has 0 aliphatic carbocycles. The molecule has 1 aliphatic heterocycles. The van der Waals surface area contributed by atoms with Gasteiger partial charge in [0.05, 0.1) is 6.61 Å². The monoisotopic (exact) mass is 332 g/mol. The minimum absolute atomic E-state index is 0.119. The largest absolute Gasteiger partial charge is 0.507 e. The van der Waals surface area contributed by atoms with Gasteiger partial charge < -0.3 is 9.84 Å². The number of carbonyl (C=O) groups is 3. The van der Waals surface area contributed by atoms with E-state index in [-0.39, 0.29) is 17.9 Å². The number of carbonyl (C=O) groups excluding carboxylic acids is 3. The Balaban J connectivity index is 2.31. The molecule has 0 aromatic heterocycles. The highest BCUT2D eigenvalue weighted by Gasteiger charge is 2.35. The highest BCUT2D eigenvalue weighted by molar-refractivity contribution is 6.31. The third-order valence-electron chi connectivity index (χ3n) is 3.53. The Morgan fingerprint density at radius 1 is 1.25 bits per heavy atom. The second-order valence-corrected chi connectivity index (χ2v) is 5.28. The first-order valence-electron chi connectivity index (χ1n) is 7.82. The summed E-state index contributed by atoms with van der Waals surface area (Å²) in [7, 11) is 0. The van der Waals surface area contributed by atoms with Crippen molar-refractivity contribution in [2.24, 2.45) is 0 Å². The van der Waals surface area contributed by atoms with E-state index < -0.39 is 17.8 Å². The van der Waals surface area contributed by atoms with E-state index in [0.29, 0.717) is 24.3 Å². The number of rotatable bonds is 6. The van der Waals surface area contributed by atoms with Gasteiger partial charge in [-0.15, -0.1) is 0 Å². The molecule has 1 aromatic rings. The summed E-state index contributed by atoms with van der Waals surface area (Å²) < 4.78 is 5.27. The normalized spacial score (nSPS) is 16.5. The lowest BCUT2D eigenvalue weighted by Gasteiger charge is -2.26. The van der Waals surface area contributed by atoms with Gasteiger partial charge in [-0.05, 0) is 31.6 Å². The molecule has 0 saturated carbocycles. The van der Waals surface area contributed by atoms with Crippen LogP contribution in [0.25, 0.3) is 6.08 Å². The Hall–Kier alpha value is -2.83. The number of phenolic OH excluding ortho intramolecular Hbond substituents is 1. The Morgan fingerprint density at radius 2 is 2.00 bits per heavy atom. The van der Waals surface area contributed by atoms with Crippen molar-refractivity contribution in [3.8, 4) is 11.5 Å². The van der Waals surface area contributed by atoms with Gasteiger partial charge in [0.25, 0.3) is 11.8 Å². The molecule has 0 unspecified atom stereocenters. The van der Waals surface area contributed by atoms with Crippen molar-refractivity contribution in [2.75, 3.05) is 13.2 Å². The molecular weight excluding hydrogens is 312 g/mol. The van der Waals surface area contributed by atoms with Crippen molar-refractivity contribution in [1.29, 1.82) is 0 Å². The number of phenols is 1. The molecular formula is C17H20N2O5. The Morgan fingerprint density at radius 3 is 2.62 bits per heavy atom. The smallest absolute Gasteiger partial charge is 0.331 e. The van der Waals surface area contributed by atoms with Gasteiger partial charge in [0.2, 0.25) is 0 Å². The van der Waals surface area contributed by atoms with Crippen LogP contribution in [0, 0.1) is 0 Å². The Bertz CT molecular complexity index is 696. The van der Waals surface area contributed by atoms with Crippen LogP contribution < -0.4 is 10.1 Å². The molecule has 0 bridgehead atoms. The number of imide groups is 2. The van der Waals surface area contributed by atoms with Crippen LogP contribution in [0.15, 0.2) is 23.8 Å². The van der Waals surface area contributed by atoms with Crippen molar-refractivity contribution in [3.63, 3.8) is 0 Å². The average Bonchev–Trinajstić information content (AvgIpc) is 2.53. The van der Waals surface area contributed by atoms with Crippen molar-refractivity contribution in [3.05, 3.63) is 29.3 Å². The number of ether oxygens (including phenoxy) is 1. The molecule has 7 heteroatoms. The molecule has 1 aliphatic rings. The summed E-state index contributed by atoms with van der Waals surface area (Å²) in [6.45, 7) is 4.45. The van der Waals surface area contributed by atoms with Gasteiger partial charge >= 0.3 is 6.03 Å². The Labute approximate surface area is 139 Å². The number of aromatic hydroxyl groups is 1. The summed E-state index contributed by atoms with van der Waals surface area (Å²) in [4.78, 5) is 37.2. The predicted molar refractivity (Wildman–Crippen MR) is 87.4 cm³/mol. The number of nitrogens with zero attached hydrogens (tertiary/aromatic N) is 1. The molecule has 0 spiro atoms. The fourth-order valence-electron chi connectivity index (χ4n) is 2.27. The van der Waals surface area contributed by atoms with Crippen LogP contribution >= 0.6 is 0 Å². The number of unbranched alkanes of at least 4 members (excludes halogenated alkanes) is 1. The second kappa shape index (κ2) is 7.63. The van der Waals surface area contributed by atoms with Crippen LogP contribution in [-0.2, 0) is 9.59 Å². The second-order valence-electron chi connectivity index (χ2n) is 5.28. The zero-order chi connectivity index (χ0) is 17.7. The van der Waals surface area contributed by atoms with Crippen LogP contribution in [0.5, 0.6) is 11.5 Å². The summed E-state index contributed by atoms with van der Waals surface area (Å²) in [5.74, 6) is -1.07. The van der Waals surface area contributed by atoms with E-state index in [1.807, 2.05) is 13.8 Å². The van der Waals surface area contributed by atoms with Crippen molar-refractivity contribution in [2.45, 2.75) is 26.7 Å². The van der Waals surface area contributed by atoms with E-state index in [9.17, 15) is 19.5 Å². The SMILES string of the molecule is CCCCN1C(=O)NC(=O)C(=Cc2ccc(OCC)cc2O)C1=O. The molecule has 2 rings (SSSR count). The summed E-state index contributed by atoms with van der Waals surface area (Å²) in [5, 5.41) is 12.2. The number of hydrogen-bond donors (Lipinski definition) is 2. The molecule has 0 atom stereocenters. The standard InChI is InChI=1S/C17H20N2O5/c1-3-5-8-19-16(22)13(15(21)18-17(19)23)9-11-6-7-12(24-4-2)10-14(11)20/h6-7,9-10,20H,3-5,8H2,1-2H3,(H,18,21,23). The first kappa shape index (κ1) is 17.5. The molecule has 128 valence electrons. The van der Waals surface area contributed by atoms with E-state index in [2.05, 4.69) is 5.32 Å². The van der Waals surface area contributed by atoms with Crippen LogP contribution in [0.3, 0.4) is 0 Å². The van der Waals surface area contributed by atoms with Crippen molar-refractivity contribution >= 4 is 23.9 Å². The minimum atomic E-state index is -0.772. The maximum absolute atomic E-state index is 12.4. The maximum Gasteiger partial charge on any atom is 0.331 e. The number of barbiturate groups is 1. The number of benzene rings is 1. The van der Waals surface area contributed by atoms with Gasteiger partial charge in [-0.2, -0.15) is 0 Å². The molecule has 24 heavy (non-hydrogen) atoms. The van der Waals surface area contributed by atoms with Gasteiger partial charge in [0, 0.05) is 18.2 Å². The number of urea groups is 1. The highest BCUT2D eigenvalue weighted by atomic mass is 16.5. The summed E-state index contributed by atoms with van der Waals surface area (Å²) in [6, 6.07) is 3.86. The molecule has 1 saturated heterocycles. The lowest BCUT2D eigenvalue weighted by molar-refractivity contribution is -0.130. The van der Waals surface area contributed by atoms with Gasteiger partial charge in [0.15, 0.2) is 0 Å². The third kappa shape index (κ3) is 3.73. The van der Waals surface area contributed by atoms with E-state index in [1.54, 1.807) is 12.1 Å². The van der Waals surface area contributed by atoms with Crippen LogP contribution in [0.4, 0.5) is 4.79 Å². The van der Waals surface area contributed by atoms with Crippen LogP contribution in [0.1, 0.15) is 32.3 Å². The van der Waals surface area contributed by atoms with Crippen molar-refractivity contribution in [1.82, 2.24) is 10.2 Å². The van der Waals surface area contributed by atoms with Gasteiger partial charge in [-0.3, -0.25) is 19.8 Å². The number of nitrogens with one attached hydrogen (secondary N) is 1. The molecule has 7 nitrogen and oxygen atoms in total. The number of amides is 4. The van der Waals surface area contributed by atoms with E-state index >= 15 is 0 Å². The van der Waals surface area contributed by atoms with Gasteiger partial charge in [0.1, 0.15) is 17.1 Å². The third-order valence-corrected chi connectivity index (χ3v) is 3.53. The predicted octanol–water partition coefficient (Wildman–Crippen LogP) is 2.05. The van der Waals surface area contributed by atoms with E-state index in [0.717, 1.165) is 11.3 Å². The summed E-state index contributed by atoms with van der Waals surface area (Å²) >= 11 is 0. The van der Waals surface area contributed by atoms with Crippen LogP contribution in [-0.4, -0.2) is 41.0 Å². The summed E-state index contributed by atoms with van der Waals surface area (Å²) in [6.07, 6.45) is 2.73.